The van der Waals surface area contributed by atoms with Gasteiger partial charge in [0.2, 0.25) is 0 Å². The molecular formula is C16H19N3O. The third kappa shape index (κ3) is 2.34. The first-order valence-electron chi connectivity index (χ1n) is 7.00. The molecule has 1 N–H and O–H groups in total. The molecule has 104 valence electrons. The molecule has 0 fully saturated rings. The first-order chi connectivity index (χ1) is 9.79. The lowest BCUT2D eigenvalue weighted by Gasteiger charge is -2.12. The molecule has 3 aromatic rings. The first kappa shape index (κ1) is 12.9. The van der Waals surface area contributed by atoms with Gasteiger partial charge in [0.05, 0.1) is 29.9 Å². The summed E-state index contributed by atoms with van der Waals surface area (Å²) in [6, 6.07) is 12.3. The van der Waals surface area contributed by atoms with E-state index in [1.54, 1.807) is 6.26 Å². The topological polar surface area (TPSA) is 43.0 Å². The van der Waals surface area contributed by atoms with Crippen LogP contribution in [0.2, 0.25) is 0 Å². The number of para-hydroxylation sites is 2. The van der Waals surface area contributed by atoms with Gasteiger partial charge in [-0.15, -0.1) is 0 Å². The molecule has 2 heterocycles. The van der Waals surface area contributed by atoms with Gasteiger partial charge in [0.1, 0.15) is 11.6 Å². The van der Waals surface area contributed by atoms with Crippen molar-refractivity contribution in [1.82, 2.24) is 14.9 Å². The van der Waals surface area contributed by atoms with Crippen LogP contribution < -0.4 is 5.32 Å². The number of imidazole rings is 1. The van der Waals surface area contributed by atoms with E-state index >= 15 is 0 Å². The zero-order chi connectivity index (χ0) is 13.9. The number of nitrogens with zero attached hydrogens (tertiary/aromatic N) is 2. The van der Waals surface area contributed by atoms with E-state index in [0.717, 1.165) is 30.2 Å². The second-order valence-electron chi connectivity index (χ2n) is 4.88. The second-order valence-corrected chi connectivity index (χ2v) is 4.88. The molecule has 0 aliphatic heterocycles. The first-order valence-corrected chi connectivity index (χ1v) is 7.00. The molecule has 0 amide bonds. The molecule has 4 heteroatoms. The lowest BCUT2D eigenvalue weighted by molar-refractivity contribution is 0.424. The van der Waals surface area contributed by atoms with Crippen LogP contribution in [0.4, 0.5) is 0 Å². The molecule has 0 saturated heterocycles. The van der Waals surface area contributed by atoms with E-state index < -0.39 is 0 Å². The van der Waals surface area contributed by atoms with Gasteiger partial charge in [-0.3, -0.25) is 0 Å². The van der Waals surface area contributed by atoms with E-state index in [1.165, 1.54) is 5.52 Å². The Kier molecular flexibility index (Phi) is 3.56. The highest BCUT2D eigenvalue weighted by atomic mass is 16.3. The zero-order valence-electron chi connectivity index (χ0n) is 11.8. The summed E-state index contributed by atoms with van der Waals surface area (Å²) < 4.78 is 7.66. The van der Waals surface area contributed by atoms with Crippen molar-refractivity contribution in [3.05, 3.63) is 54.2 Å². The summed E-state index contributed by atoms with van der Waals surface area (Å²) in [5.74, 6) is 2.01. The van der Waals surface area contributed by atoms with Crippen molar-refractivity contribution >= 4 is 11.0 Å². The Hall–Kier alpha value is -2.07. The monoisotopic (exact) mass is 269 g/mol. The van der Waals surface area contributed by atoms with Crippen molar-refractivity contribution in [1.29, 1.82) is 0 Å². The van der Waals surface area contributed by atoms with Crippen LogP contribution in [0.3, 0.4) is 0 Å². The van der Waals surface area contributed by atoms with Crippen LogP contribution in [-0.2, 0) is 13.1 Å². The molecule has 1 atom stereocenters. The quantitative estimate of drug-likeness (QED) is 0.771. The second kappa shape index (κ2) is 5.51. The lowest BCUT2D eigenvalue weighted by atomic mass is 10.2. The van der Waals surface area contributed by atoms with Gasteiger partial charge in [-0.25, -0.2) is 4.98 Å². The van der Waals surface area contributed by atoms with E-state index in [0.29, 0.717) is 0 Å². The van der Waals surface area contributed by atoms with Gasteiger partial charge in [-0.05, 0) is 38.1 Å². The third-order valence-corrected chi connectivity index (χ3v) is 3.59. The van der Waals surface area contributed by atoms with Gasteiger partial charge < -0.3 is 14.3 Å². The highest BCUT2D eigenvalue weighted by molar-refractivity contribution is 5.75. The summed E-state index contributed by atoms with van der Waals surface area (Å²) in [5, 5.41) is 3.46. The van der Waals surface area contributed by atoms with Gasteiger partial charge in [0, 0.05) is 6.54 Å². The molecule has 0 spiro atoms. The Balaban J connectivity index is 1.80. The molecule has 20 heavy (non-hydrogen) atoms. The lowest BCUT2D eigenvalue weighted by Crippen LogP contribution is -2.20. The standard InChI is InChI=1S/C16H19N3O/c1-3-19-14-8-5-4-7-13(14)18-16(19)11-17-12(2)15-9-6-10-20-15/h4-10,12,17H,3,11H2,1-2H3/t12-/m0/s1. The van der Waals surface area contributed by atoms with Crippen molar-refractivity contribution < 1.29 is 4.42 Å². The molecule has 0 bridgehead atoms. The molecule has 0 radical (unpaired) electrons. The molecule has 4 nitrogen and oxygen atoms in total. The van der Waals surface area contributed by atoms with Gasteiger partial charge in [-0.1, -0.05) is 12.1 Å². The van der Waals surface area contributed by atoms with Crippen molar-refractivity contribution in [2.75, 3.05) is 0 Å². The fourth-order valence-corrected chi connectivity index (χ4v) is 2.50. The summed E-state index contributed by atoms with van der Waals surface area (Å²) in [6.45, 7) is 5.89. The van der Waals surface area contributed by atoms with Crippen molar-refractivity contribution in [2.45, 2.75) is 33.0 Å². The highest BCUT2D eigenvalue weighted by Gasteiger charge is 2.12. The van der Waals surface area contributed by atoms with Crippen molar-refractivity contribution in [3.8, 4) is 0 Å². The highest BCUT2D eigenvalue weighted by Crippen LogP contribution is 2.17. The third-order valence-electron chi connectivity index (χ3n) is 3.59. The molecule has 0 aliphatic carbocycles. The van der Waals surface area contributed by atoms with Gasteiger partial charge >= 0.3 is 0 Å². The molecule has 3 rings (SSSR count). The SMILES string of the molecule is CCn1c(CN[C@@H](C)c2ccco2)nc2ccccc21. The number of hydrogen-bond acceptors (Lipinski definition) is 3. The minimum Gasteiger partial charge on any atom is -0.468 e. The smallest absolute Gasteiger partial charge is 0.123 e. The Morgan fingerprint density at radius 3 is 2.85 bits per heavy atom. The number of nitrogens with one attached hydrogen (secondary N) is 1. The maximum Gasteiger partial charge on any atom is 0.123 e. The van der Waals surface area contributed by atoms with Crippen LogP contribution in [0, 0.1) is 0 Å². The van der Waals surface area contributed by atoms with Crippen LogP contribution in [0.1, 0.15) is 31.5 Å². The van der Waals surface area contributed by atoms with Crippen LogP contribution in [-0.4, -0.2) is 9.55 Å². The number of aromatic nitrogens is 2. The predicted octanol–water partition coefficient (Wildman–Crippen LogP) is 3.50. The normalized spacial score (nSPS) is 12.9. The van der Waals surface area contributed by atoms with E-state index in [2.05, 4.69) is 41.9 Å². The molecule has 2 aromatic heterocycles. The Labute approximate surface area is 118 Å². The fraction of sp³-hybridized carbons (Fsp3) is 0.312. The number of furan rings is 1. The van der Waals surface area contributed by atoms with Crippen LogP contribution in [0.25, 0.3) is 11.0 Å². The van der Waals surface area contributed by atoms with Gasteiger partial charge in [0.15, 0.2) is 0 Å². The number of rotatable bonds is 5. The Bertz CT molecular complexity index is 685. The summed E-state index contributed by atoms with van der Waals surface area (Å²) in [6.07, 6.45) is 1.70. The predicted molar refractivity (Wildman–Crippen MR) is 79.4 cm³/mol. The molecule has 0 aliphatic rings. The van der Waals surface area contributed by atoms with E-state index in [9.17, 15) is 0 Å². The van der Waals surface area contributed by atoms with Crippen LogP contribution >= 0.6 is 0 Å². The molecule has 0 saturated carbocycles. The van der Waals surface area contributed by atoms with E-state index in [1.807, 2.05) is 18.2 Å². The van der Waals surface area contributed by atoms with E-state index in [4.69, 9.17) is 9.40 Å². The van der Waals surface area contributed by atoms with Crippen molar-refractivity contribution in [3.63, 3.8) is 0 Å². The largest absolute Gasteiger partial charge is 0.468 e. The minimum absolute atomic E-state index is 0.176. The number of fused-ring (bicyclic) bond motifs is 1. The minimum atomic E-state index is 0.176. The number of aryl methyl sites for hydroxylation is 1. The average molecular weight is 269 g/mol. The number of hydrogen-bond donors (Lipinski definition) is 1. The summed E-state index contributed by atoms with van der Waals surface area (Å²) in [4.78, 5) is 4.71. The van der Waals surface area contributed by atoms with Crippen LogP contribution in [0.15, 0.2) is 47.1 Å². The summed E-state index contributed by atoms with van der Waals surface area (Å²) in [5.41, 5.74) is 2.24. The van der Waals surface area contributed by atoms with Gasteiger partial charge in [-0.2, -0.15) is 0 Å². The molecular weight excluding hydrogens is 250 g/mol. The Morgan fingerprint density at radius 1 is 1.25 bits per heavy atom. The summed E-state index contributed by atoms with van der Waals surface area (Å²) in [7, 11) is 0. The Morgan fingerprint density at radius 2 is 2.10 bits per heavy atom. The zero-order valence-corrected chi connectivity index (χ0v) is 11.8. The molecule has 0 unspecified atom stereocenters. The maximum atomic E-state index is 5.41. The maximum absolute atomic E-state index is 5.41. The van der Waals surface area contributed by atoms with Gasteiger partial charge in [0.25, 0.3) is 0 Å². The summed E-state index contributed by atoms with van der Waals surface area (Å²) >= 11 is 0. The average Bonchev–Trinajstić information content (AvgIpc) is 3.11. The fourth-order valence-electron chi connectivity index (χ4n) is 2.50. The molecule has 1 aromatic carbocycles. The van der Waals surface area contributed by atoms with Crippen LogP contribution in [0.5, 0.6) is 0 Å². The van der Waals surface area contributed by atoms with Crippen molar-refractivity contribution in [2.24, 2.45) is 0 Å². The van der Waals surface area contributed by atoms with E-state index in [-0.39, 0.29) is 6.04 Å². The number of benzene rings is 1.